The Labute approximate surface area is 166 Å². The van der Waals surface area contributed by atoms with Crippen molar-refractivity contribution in [3.05, 3.63) is 105 Å². The summed E-state index contributed by atoms with van der Waals surface area (Å²) in [6.45, 7) is 0.676. The molecule has 0 bridgehead atoms. The fourth-order valence-corrected chi connectivity index (χ4v) is 2.31. The zero-order chi connectivity index (χ0) is 15.4. The summed E-state index contributed by atoms with van der Waals surface area (Å²) in [4.78, 5) is 24.4. The largest absolute Gasteiger partial charge is 2.00 e. The monoisotopic (exact) mass is 394 g/mol. The van der Waals surface area contributed by atoms with Gasteiger partial charge < -0.3 is 32.4 Å². The third-order valence-corrected chi connectivity index (χ3v) is 3.44. The Balaban J connectivity index is 0.00000144. The molecule has 3 aromatic rings. The molecule has 0 atom stereocenters. The van der Waals surface area contributed by atoms with Gasteiger partial charge in [-0.3, -0.25) is 4.57 Å². The quantitative estimate of drug-likeness (QED) is 0.400. The van der Waals surface area contributed by atoms with Crippen LogP contribution in [0.1, 0.15) is 11.1 Å². The number of halogens is 1. The van der Waals surface area contributed by atoms with E-state index < -0.39 is 5.56 Å². The van der Waals surface area contributed by atoms with Crippen LogP contribution in [0.5, 0.6) is 0 Å². The van der Waals surface area contributed by atoms with Gasteiger partial charge in [0.25, 0.3) is 0 Å². The first-order valence-corrected chi connectivity index (χ1v) is 7.04. The first-order chi connectivity index (χ1) is 10.7. The molecule has 4 nitrogen and oxygen atoms in total. The maximum Gasteiger partial charge on any atom is 2.00 e. The smallest absolute Gasteiger partial charge is 1.00 e. The van der Waals surface area contributed by atoms with Crippen molar-refractivity contribution >= 4 is 23.1 Å². The number of aromatic nitrogens is 2. The molecule has 6 heteroatoms. The molecule has 0 aliphatic carbocycles. The number of rotatable bonds is 4. The minimum absolute atomic E-state index is 0. The van der Waals surface area contributed by atoms with Gasteiger partial charge in [-0.1, -0.05) is 60.7 Å². The molecule has 1 heterocycles. The van der Waals surface area contributed by atoms with Gasteiger partial charge in [0.1, 0.15) is 0 Å². The molecule has 1 aromatic heterocycles. The van der Waals surface area contributed by atoms with Gasteiger partial charge in [0.2, 0.25) is 0 Å². The van der Waals surface area contributed by atoms with Gasteiger partial charge in [-0.15, -0.1) is 0 Å². The molecule has 3 rings (SSSR count). The predicted octanol–water partition coefficient (Wildman–Crippen LogP) is -1.47. The van der Waals surface area contributed by atoms with E-state index in [1.807, 2.05) is 60.7 Å². The zero-order valence-corrected chi connectivity index (χ0v) is 16.1. The molecule has 0 spiro atoms. The molecule has 0 aliphatic rings. The van der Waals surface area contributed by atoms with Crippen molar-refractivity contribution in [2.24, 2.45) is 0 Å². The van der Waals surface area contributed by atoms with Crippen molar-refractivity contribution in [1.82, 2.24) is 9.13 Å². The first kappa shape index (κ1) is 20.4. The Morgan fingerprint density at radius 2 is 1.29 bits per heavy atom. The Kier molecular flexibility index (Phi) is 8.17. The predicted molar refractivity (Wildman–Crippen MR) is 90.6 cm³/mol. The molecule has 0 radical (unpaired) electrons. The van der Waals surface area contributed by atoms with Crippen LogP contribution in [0.4, 0.5) is 0 Å². The molecular formula is C18H15BrMgN2O2. The number of hydrogen-bond donors (Lipinski definition) is 0. The number of nitrogens with zero attached hydrogens (tertiary/aromatic N) is 2. The minimum Gasteiger partial charge on any atom is -1.00 e. The molecule has 0 amide bonds. The van der Waals surface area contributed by atoms with Crippen molar-refractivity contribution < 1.29 is 17.0 Å². The molecule has 0 fully saturated rings. The summed E-state index contributed by atoms with van der Waals surface area (Å²) < 4.78 is 2.71. The average molecular weight is 396 g/mol. The van der Waals surface area contributed by atoms with Gasteiger partial charge in [-0.2, -0.15) is 6.20 Å². The fraction of sp³-hybridized carbons (Fsp3) is 0.111. The summed E-state index contributed by atoms with van der Waals surface area (Å²) in [6, 6.07) is 21.7. The van der Waals surface area contributed by atoms with Gasteiger partial charge in [0, 0.05) is 6.54 Å². The van der Waals surface area contributed by atoms with Gasteiger partial charge in [-0.25, -0.2) is 4.79 Å². The Bertz CT molecular complexity index is 877. The van der Waals surface area contributed by atoms with Crippen molar-refractivity contribution in [1.29, 1.82) is 0 Å². The molecule has 118 valence electrons. The number of hydrogen-bond acceptors (Lipinski definition) is 2. The Morgan fingerprint density at radius 1 is 0.792 bits per heavy atom. The average Bonchev–Trinajstić information content (AvgIpc) is 2.56. The van der Waals surface area contributed by atoms with Crippen LogP contribution in [0.15, 0.2) is 76.4 Å². The van der Waals surface area contributed by atoms with E-state index in [1.165, 1.54) is 15.3 Å². The second-order valence-corrected chi connectivity index (χ2v) is 5.05. The van der Waals surface area contributed by atoms with Gasteiger partial charge >= 0.3 is 28.7 Å². The molecule has 0 unspecified atom stereocenters. The van der Waals surface area contributed by atoms with Crippen molar-refractivity contribution in [3.63, 3.8) is 0 Å². The van der Waals surface area contributed by atoms with Crippen molar-refractivity contribution in [2.45, 2.75) is 13.1 Å². The summed E-state index contributed by atoms with van der Waals surface area (Å²) in [6.07, 6.45) is 1.43. The molecule has 0 aliphatic heterocycles. The number of benzene rings is 2. The van der Waals surface area contributed by atoms with E-state index in [1.54, 1.807) is 0 Å². The molecule has 2 aromatic carbocycles. The summed E-state index contributed by atoms with van der Waals surface area (Å²) in [5.74, 6) is 0. The van der Waals surface area contributed by atoms with Crippen LogP contribution in [-0.4, -0.2) is 32.2 Å². The maximum atomic E-state index is 12.5. The molecule has 24 heavy (non-hydrogen) atoms. The van der Waals surface area contributed by atoms with E-state index in [0.29, 0.717) is 6.54 Å². The van der Waals surface area contributed by atoms with Gasteiger partial charge in [0.05, 0.1) is 12.1 Å². The van der Waals surface area contributed by atoms with Crippen LogP contribution in [-0.2, 0) is 13.1 Å². The van der Waals surface area contributed by atoms with E-state index >= 15 is 0 Å². The van der Waals surface area contributed by atoms with E-state index in [-0.39, 0.29) is 52.3 Å². The molecule has 0 saturated heterocycles. The van der Waals surface area contributed by atoms with Crippen LogP contribution in [0.3, 0.4) is 0 Å². The third-order valence-electron chi connectivity index (χ3n) is 3.44. The normalized spacial score (nSPS) is 9.67. The van der Waals surface area contributed by atoms with E-state index in [0.717, 1.165) is 11.1 Å². The van der Waals surface area contributed by atoms with Gasteiger partial charge in [-0.05, 0) is 11.1 Å². The zero-order valence-electron chi connectivity index (χ0n) is 13.1. The fourth-order valence-electron chi connectivity index (χ4n) is 2.31. The standard InChI is InChI=1S/C18H15N2O2.BrH.Mg/c21-17-11-12-19(13-15-7-3-1-4-8-15)18(22)20(17)14-16-9-5-2-6-10-16;;/h1-10,12H,13-14H2;1H;/q-1;;+2/p-1. The summed E-state index contributed by atoms with van der Waals surface area (Å²) in [7, 11) is 0. The van der Waals surface area contributed by atoms with Crippen LogP contribution < -0.4 is 28.2 Å². The Morgan fingerprint density at radius 3 is 1.83 bits per heavy atom. The first-order valence-electron chi connectivity index (χ1n) is 7.04. The third kappa shape index (κ3) is 4.93. The second kappa shape index (κ2) is 9.61. The topological polar surface area (TPSA) is 44.0 Å². The molecule has 0 saturated carbocycles. The van der Waals surface area contributed by atoms with Crippen LogP contribution in [0, 0.1) is 6.07 Å². The van der Waals surface area contributed by atoms with Crippen LogP contribution in [0.25, 0.3) is 0 Å². The minimum atomic E-state index is -0.404. The summed E-state index contributed by atoms with van der Waals surface area (Å²) >= 11 is 0. The Hall–Kier alpha value is -1.63. The van der Waals surface area contributed by atoms with E-state index in [4.69, 9.17) is 0 Å². The summed E-state index contributed by atoms with van der Waals surface area (Å²) in [5, 5.41) is 0. The molecular weight excluding hydrogens is 380 g/mol. The molecule has 0 N–H and O–H groups in total. The van der Waals surface area contributed by atoms with Gasteiger partial charge in [0.15, 0.2) is 0 Å². The van der Waals surface area contributed by atoms with Crippen molar-refractivity contribution in [3.8, 4) is 0 Å². The van der Waals surface area contributed by atoms with Crippen LogP contribution >= 0.6 is 0 Å². The second-order valence-electron chi connectivity index (χ2n) is 5.05. The van der Waals surface area contributed by atoms with E-state index in [9.17, 15) is 9.59 Å². The maximum absolute atomic E-state index is 12.5. The van der Waals surface area contributed by atoms with Crippen molar-refractivity contribution in [2.75, 3.05) is 0 Å². The SMILES string of the molecule is O=c1[c-]cn(Cc2ccccc2)c(=O)n1Cc1ccccc1.[Br-].[Mg+2]. The van der Waals surface area contributed by atoms with Crippen LogP contribution in [0.2, 0.25) is 0 Å². The van der Waals surface area contributed by atoms with E-state index in [2.05, 4.69) is 6.07 Å². The summed E-state index contributed by atoms with van der Waals surface area (Å²) in [5.41, 5.74) is 1.19.